The van der Waals surface area contributed by atoms with Crippen molar-refractivity contribution in [2.75, 3.05) is 13.1 Å². The van der Waals surface area contributed by atoms with Crippen LogP contribution >= 0.6 is 0 Å². The number of aromatic nitrogens is 2. The minimum atomic E-state index is 0.0910. The average molecular weight is 399 g/mol. The minimum absolute atomic E-state index is 0.0910. The zero-order valence-electron chi connectivity index (χ0n) is 17.7. The lowest BCUT2D eigenvalue weighted by Gasteiger charge is -2.32. The van der Waals surface area contributed by atoms with Crippen molar-refractivity contribution in [2.45, 2.75) is 39.5 Å². The van der Waals surface area contributed by atoms with Crippen LogP contribution in [0.15, 0.2) is 42.5 Å². The molecule has 1 aromatic heterocycles. The molecular formula is C25H26N4O. The number of nitrogens with zero attached hydrogens (tertiary/aromatic N) is 3. The van der Waals surface area contributed by atoms with Gasteiger partial charge in [0.05, 0.1) is 17.3 Å². The number of H-pyrrole nitrogens is 1. The molecule has 4 rings (SSSR count). The number of piperidine rings is 1. The molecule has 1 aliphatic rings. The van der Waals surface area contributed by atoms with E-state index in [0.717, 1.165) is 59.6 Å². The lowest BCUT2D eigenvalue weighted by atomic mass is 9.88. The Bertz CT molecular complexity index is 1090. The van der Waals surface area contributed by atoms with E-state index in [1.54, 1.807) is 0 Å². The summed E-state index contributed by atoms with van der Waals surface area (Å²) < 4.78 is 0. The van der Waals surface area contributed by atoms with Crippen molar-refractivity contribution in [3.63, 3.8) is 0 Å². The maximum absolute atomic E-state index is 13.2. The molecule has 1 amide bonds. The fraction of sp³-hybridized carbons (Fsp3) is 0.320. The highest BCUT2D eigenvalue weighted by Gasteiger charge is 2.25. The molecule has 0 bridgehead atoms. The Labute approximate surface area is 177 Å². The Balaban J connectivity index is 1.49. The van der Waals surface area contributed by atoms with Gasteiger partial charge in [-0.1, -0.05) is 18.2 Å². The van der Waals surface area contributed by atoms with Crippen LogP contribution < -0.4 is 0 Å². The third-order valence-corrected chi connectivity index (χ3v) is 6.18. The molecule has 2 heterocycles. The van der Waals surface area contributed by atoms with Crippen LogP contribution in [0.1, 0.15) is 57.2 Å². The van der Waals surface area contributed by atoms with E-state index in [9.17, 15) is 4.79 Å². The summed E-state index contributed by atoms with van der Waals surface area (Å²) in [4.78, 5) is 15.2. The average Bonchev–Trinajstić information content (AvgIpc) is 3.12. The second-order valence-corrected chi connectivity index (χ2v) is 8.14. The first-order valence-corrected chi connectivity index (χ1v) is 10.4. The molecule has 2 aromatic carbocycles. The van der Waals surface area contributed by atoms with Crippen LogP contribution in [0.25, 0.3) is 11.1 Å². The number of amides is 1. The van der Waals surface area contributed by atoms with Gasteiger partial charge < -0.3 is 4.90 Å². The lowest BCUT2D eigenvalue weighted by molar-refractivity contribution is 0.0713. The Hall–Kier alpha value is -3.39. The van der Waals surface area contributed by atoms with Gasteiger partial charge in [0, 0.05) is 29.9 Å². The van der Waals surface area contributed by atoms with Gasteiger partial charge in [0.15, 0.2) is 0 Å². The van der Waals surface area contributed by atoms with Gasteiger partial charge in [-0.15, -0.1) is 0 Å². The molecule has 30 heavy (non-hydrogen) atoms. The number of aryl methyl sites for hydroxylation is 3. The molecule has 5 nitrogen and oxygen atoms in total. The predicted octanol–water partition coefficient (Wildman–Crippen LogP) is 4.89. The van der Waals surface area contributed by atoms with Crippen molar-refractivity contribution < 1.29 is 4.79 Å². The van der Waals surface area contributed by atoms with E-state index in [1.807, 2.05) is 61.2 Å². The fourth-order valence-electron chi connectivity index (χ4n) is 4.40. The normalized spacial score (nSPS) is 14.5. The van der Waals surface area contributed by atoms with Crippen molar-refractivity contribution in [2.24, 2.45) is 0 Å². The number of hydrogen-bond acceptors (Lipinski definition) is 3. The first-order chi connectivity index (χ1) is 14.5. The van der Waals surface area contributed by atoms with E-state index in [-0.39, 0.29) is 5.91 Å². The molecule has 152 valence electrons. The third kappa shape index (κ3) is 3.73. The Morgan fingerprint density at radius 3 is 2.40 bits per heavy atom. The molecule has 0 radical (unpaired) electrons. The smallest absolute Gasteiger partial charge is 0.253 e. The first-order valence-electron chi connectivity index (χ1n) is 10.4. The van der Waals surface area contributed by atoms with Gasteiger partial charge in [0.25, 0.3) is 5.91 Å². The maximum Gasteiger partial charge on any atom is 0.253 e. The quantitative estimate of drug-likeness (QED) is 0.682. The highest BCUT2D eigenvalue weighted by atomic mass is 16.2. The fourth-order valence-corrected chi connectivity index (χ4v) is 4.40. The summed E-state index contributed by atoms with van der Waals surface area (Å²) in [6, 6.07) is 16.0. The van der Waals surface area contributed by atoms with Gasteiger partial charge in [-0.3, -0.25) is 9.89 Å². The third-order valence-electron chi connectivity index (χ3n) is 6.18. The lowest BCUT2D eigenvalue weighted by Crippen LogP contribution is -2.37. The Morgan fingerprint density at radius 1 is 1.10 bits per heavy atom. The van der Waals surface area contributed by atoms with Crippen molar-refractivity contribution in [3.05, 3.63) is 76.1 Å². The maximum atomic E-state index is 13.2. The highest BCUT2D eigenvalue weighted by molar-refractivity contribution is 5.96. The molecular weight excluding hydrogens is 372 g/mol. The van der Waals surface area contributed by atoms with Crippen molar-refractivity contribution in [3.8, 4) is 17.2 Å². The second-order valence-electron chi connectivity index (χ2n) is 8.14. The highest BCUT2D eigenvalue weighted by Crippen LogP contribution is 2.31. The minimum Gasteiger partial charge on any atom is -0.339 e. The molecule has 1 aliphatic heterocycles. The molecule has 0 aliphatic carbocycles. The number of carbonyl (C=O) groups is 1. The van der Waals surface area contributed by atoms with Gasteiger partial charge in [-0.2, -0.15) is 10.4 Å². The summed E-state index contributed by atoms with van der Waals surface area (Å²) in [5.41, 5.74) is 7.92. The number of rotatable bonds is 3. The van der Waals surface area contributed by atoms with E-state index in [1.165, 1.54) is 5.56 Å². The predicted molar refractivity (Wildman–Crippen MR) is 117 cm³/mol. The Morgan fingerprint density at radius 2 is 1.80 bits per heavy atom. The molecule has 5 heteroatoms. The van der Waals surface area contributed by atoms with Crippen molar-refractivity contribution in [1.29, 1.82) is 5.26 Å². The second kappa shape index (κ2) is 8.16. The van der Waals surface area contributed by atoms with Crippen molar-refractivity contribution in [1.82, 2.24) is 15.1 Å². The number of aromatic amines is 1. The SMILES string of the molecule is Cc1ccc(C(=O)N2CCC(c3ccc(C#N)cc3)CC2)cc1-c1c(C)n[nH]c1C. The van der Waals surface area contributed by atoms with Gasteiger partial charge in [-0.05, 0) is 80.5 Å². The molecule has 1 N–H and O–H groups in total. The van der Waals surface area contributed by atoms with E-state index in [4.69, 9.17) is 5.26 Å². The number of hydrogen-bond donors (Lipinski definition) is 1. The van der Waals surface area contributed by atoms with E-state index in [2.05, 4.69) is 23.2 Å². The zero-order chi connectivity index (χ0) is 21.3. The van der Waals surface area contributed by atoms with Crippen LogP contribution in [0.2, 0.25) is 0 Å². The number of nitrogens with one attached hydrogen (secondary N) is 1. The zero-order valence-corrected chi connectivity index (χ0v) is 17.7. The van der Waals surface area contributed by atoms with Crippen LogP contribution in [-0.2, 0) is 0 Å². The molecule has 0 saturated carbocycles. The summed E-state index contributed by atoms with van der Waals surface area (Å²) in [5.74, 6) is 0.528. The number of benzene rings is 2. The molecule has 1 fully saturated rings. The molecule has 1 saturated heterocycles. The van der Waals surface area contributed by atoms with Crippen LogP contribution in [0, 0.1) is 32.1 Å². The summed E-state index contributed by atoms with van der Waals surface area (Å²) in [7, 11) is 0. The van der Waals surface area contributed by atoms with Gasteiger partial charge in [0.1, 0.15) is 0 Å². The van der Waals surface area contributed by atoms with Crippen molar-refractivity contribution >= 4 is 5.91 Å². The van der Waals surface area contributed by atoms with Gasteiger partial charge >= 0.3 is 0 Å². The summed E-state index contributed by atoms with van der Waals surface area (Å²) >= 11 is 0. The topological polar surface area (TPSA) is 72.8 Å². The summed E-state index contributed by atoms with van der Waals surface area (Å²) in [5, 5.41) is 16.3. The van der Waals surface area contributed by atoms with Gasteiger partial charge in [0.2, 0.25) is 0 Å². The van der Waals surface area contributed by atoms with Crippen LogP contribution in [0.4, 0.5) is 0 Å². The molecule has 3 aromatic rings. The number of nitriles is 1. The molecule has 0 unspecified atom stereocenters. The summed E-state index contributed by atoms with van der Waals surface area (Å²) in [6.07, 6.45) is 1.88. The van der Waals surface area contributed by atoms with E-state index >= 15 is 0 Å². The number of likely N-dealkylation sites (tertiary alicyclic amines) is 1. The largest absolute Gasteiger partial charge is 0.339 e. The molecule has 0 atom stereocenters. The Kier molecular flexibility index (Phi) is 5.41. The molecule has 0 spiro atoms. The summed E-state index contributed by atoms with van der Waals surface area (Å²) in [6.45, 7) is 7.56. The van der Waals surface area contributed by atoms with Crippen LogP contribution in [0.5, 0.6) is 0 Å². The standard InChI is InChI=1S/C25H26N4O/c1-16-4-7-22(14-23(16)24-17(2)27-28-18(24)3)25(30)29-12-10-21(11-13-29)20-8-5-19(15-26)6-9-20/h4-9,14,21H,10-13H2,1-3H3,(H,27,28). The first kappa shape index (κ1) is 19.9. The van der Waals surface area contributed by atoms with E-state index in [0.29, 0.717) is 11.5 Å². The van der Waals surface area contributed by atoms with Crippen LogP contribution in [0.3, 0.4) is 0 Å². The number of carbonyl (C=O) groups excluding carboxylic acids is 1. The monoisotopic (exact) mass is 398 g/mol. The van der Waals surface area contributed by atoms with Crippen LogP contribution in [-0.4, -0.2) is 34.1 Å². The van der Waals surface area contributed by atoms with E-state index < -0.39 is 0 Å². The van der Waals surface area contributed by atoms with Gasteiger partial charge in [-0.25, -0.2) is 0 Å².